The van der Waals surface area contributed by atoms with Crippen molar-refractivity contribution in [3.63, 3.8) is 0 Å². The van der Waals surface area contributed by atoms with Gasteiger partial charge in [0.15, 0.2) is 0 Å². The van der Waals surface area contributed by atoms with Crippen LogP contribution in [-0.2, 0) is 32.6 Å². The molecule has 2 aliphatic heterocycles. The molecule has 0 radical (unpaired) electrons. The van der Waals surface area contributed by atoms with Crippen LogP contribution in [0.4, 0.5) is 5.69 Å². The Balaban J connectivity index is 1.27. The lowest BCUT2D eigenvalue weighted by atomic mass is 10.1. The number of carbonyl (C=O) groups excluding carboxylic acids is 2. The van der Waals surface area contributed by atoms with E-state index >= 15 is 0 Å². The second kappa shape index (κ2) is 8.87. The summed E-state index contributed by atoms with van der Waals surface area (Å²) in [5.74, 6) is -0.277. The molecule has 160 valence electrons. The van der Waals surface area contributed by atoms with Gasteiger partial charge in [-0.15, -0.1) is 11.3 Å². The number of fused-ring (bicyclic) bond motifs is 1. The third-order valence-electron chi connectivity index (χ3n) is 5.57. The van der Waals surface area contributed by atoms with Crippen LogP contribution in [0, 0.1) is 0 Å². The maximum Gasteiger partial charge on any atom is 0.243 e. The molecule has 7 nitrogen and oxygen atoms in total. The van der Waals surface area contributed by atoms with Crippen molar-refractivity contribution >= 4 is 38.9 Å². The number of rotatable bonds is 6. The number of thiophene rings is 1. The molecule has 0 aliphatic carbocycles. The summed E-state index contributed by atoms with van der Waals surface area (Å²) in [5.41, 5.74) is 1.72. The van der Waals surface area contributed by atoms with E-state index < -0.39 is 10.0 Å². The molecular formula is C21H25N3O4S2. The Morgan fingerprint density at radius 1 is 1.00 bits per heavy atom. The molecule has 2 aliphatic rings. The van der Waals surface area contributed by atoms with Crippen molar-refractivity contribution in [3.05, 3.63) is 46.2 Å². The highest BCUT2D eigenvalue weighted by Crippen LogP contribution is 2.25. The number of sulfonamides is 1. The molecule has 0 spiro atoms. The summed E-state index contributed by atoms with van der Waals surface area (Å²) in [6, 6.07) is 8.26. The third-order valence-corrected chi connectivity index (χ3v) is 8.50. The van der Waals surface area contributed by atoms with E-state index in [4.69, 9.17) is 0 Å². The van der Waals surface area contributed by atoms with Crippen molar-refractivity contribution in [1.82, 2.24) is 9.21 Å². The quantitative estimate of drug-likeness (QED) is 0.738. The van der Waals surface area contributed by atoms with Crippen LogP contribution in [0.5, 0.6) is 0 Å². The summed E-state index contributed by atoms with van der Waals surface area (Å²) in [6.45, 7) is 2.42. The molecule has 1 saturated heterocycles. The van der Waals surface area contributed by atoms with Crippen LogP contribution in [0.3, 0.4) is 0 Å². The van der Waals surface area contributed by atoms with Gasteiger partial charge in [0.25, 0.3) is 0 Å². The fourth-order valence-electron chi connectivity index (χ4n) is 3.85. The molecular weight excluding hydrogens is 422 g/mol. The smallest absolute Gasteiger partial charge is 0.243 e. The Bertz CT molecular complexity index is 1020. The molecule has 1 aromatic heterocycles. The summed E-state index contributed by atoms with van der Waals surface area (Å²) in [5, 5.41) is 4.79. The molecule has 0 bridgehead atoms. The van der Waals surface area contributed by atoms with Gasteiger partial charge in [-0.05, 0) is 60.5 Å². The number of benzene rings is 1. The standard InChI is InChI=1S/C21H25N3O4S2/c25-20(7-8-21(26)23-13-9-19-16(15-23)10-14-29-19)22-17-3-5-18(6-4-17)30(27,28)24-11-1-2-12-24/h3-6,10,14H,1-2,7-9,11-13,15H2,(H,22,25). The molecule has 0 atom stereocenters. The van der Waals surface area contributed by atoms with Crippen LogP contribution in [-0.4, -0.2) is 49.1 Å². The monoisotopic (exact) mass is 447 g/mol. The average Bonchev–Trinajstić information content (AvgIpc) is 3.44. The maximum atomic E-state index is 12.6. The van der Waals surface area contributed by atoms with Crippen molar-refractivity contribution in [2.24, 2.45) is 0 Å². The normalized spacial score (nSPS) is 17.0. The summed E-state index contributed by atoms with van der Waals surface area (Å²) in [4.78, 5) is 28.1. The van der Waals surface area contributed by atoms with Gasteiger partial charge in [0, 0.05) is 49.6 Å². The van der Waals surface area contributed by atoms with Gasteiger partial charge in [0.2, 0.25) is 21.8 Å². The minimum absolute atomic E-state index is 0.0194. The molecule has 1 fully saturated rings. The second-order valence-corrected chi connectivity index (χ2v) is 10.6. The highest BCUT2D eigenvalue weighted by Gasteiger charge is 2.27. The van der Waals surface area contributed by atoms with Crippen LogP contribution in [0.25, 0.3) is 0 Å². The van der Waals surface area contributed by atoms with E-state index in [2.05, 4.69) is 11.4 Å². The Hall–Kier alpha value is -2.23. The van der Waals surface area contributed by atoms with Crippen LogP contribution in [0.2, 0.25) is 0 Å². The van der Waals surface area contributed by atoms with Crippen LogP contribution >= 0.6 is 11.3 Å². The first-order valence-corrected chi connectivity index (χ1v) is 12.5. The molecule has 0 saturated carbocycles. The van der Waals surface area contributed by atoms with Gasteiger partial charge >= 0.3 is 0 Å². The van der Waals surface area contributed by atoms with E-state index in [-0.39, 0.29) is 29.6 Å². The van der Waals surface area contributed by atoms with E-state index in [1.807, 2.05) is 5.38 Å². The van der Waals surface area contributed by atoms with E-state index in [1.165, 1.54) is 26.9 Å². The molecule has 1 aromatic carbocycles. The summed E-state index contributed by atoms with van der Waals surface area (Å²) >= 11 is 1.73. The van der Waals surface area contributed by atoms with Gasteiger partial charge in [-0.3, -0.25) is 9.59 Å². The number of nitrogens with zero attached hydrogens (tertiary/aromatic N) is 2. The Kier molecular flexibility index (Phi) is 6.21. The van der Waals surface area contributed by atoms with Crippen LogP contribution in [0.1, 0.15) is 36.1 Å². The van der Waals surface area contributed by atoms with Gasteiger partial charge in [-0.25, -0.2) is 8.42 Å². The van der Waals surface area contributed by atoms with Crippen molar-refractivity contribution in [2.45, 2.75) is 43.5 Å². The van der Waals surface area contributed by atoms with Gasteiger partial charge in [-0.2, -0.15) is 4.31 Å². The Morgan fingerprint density at radius 2 is 1.73 bits per heavy atom. The zero-order valence-corrected chi connectivity index (χ0v) is 18.3. The first kappa shape index (κ1) is 21.0. The predicted octanol–water partition coefficient (Wildman–Crippen LogP) is 2.84. The fraction of sp³-hybridized carbons (Fsp3) is 0.429. The summed E-state index contributed by atoms with van der Waals surface area (Å²) in [6.07, 6.45) is 2.90. The molecule has 4 rings (SSSR count). The van der Waals surface area contributed by atoms with E-state index in [1.54, 1.807) is 28.4 Å². The van der Waals surface area contributed by atoms with Gasteiger partial charge in [-0.1, -0.05) is 0 Å². The molecule has 3 heterocycles. The molecule has 1 N–H and O–H groups in total. The molecule has 9 heteroatoms. The third kappa shape index (κ3) is 4.58. The number of anilines is 1. The Labute approximate surface area is 180 Å². The van der Waals surface area contributed by atoms with Crippen molar-refractivity contribution in [2.75, 3.05) is 25.0 Å². The van der Waals surface area contributed by atoms with E-state index in [0.717, 1.165) is 19.3 Å². The predicted molar refractivity (Wildman–Crippen MR) is 116 cm³/mol. The molecule has 2 amide bonds. The zero-order chi connectivity index (χ0) is 21.1. The van der Waals surface area contributed by atoms with Gasteiger partial charge in [0.1, 0.15) is 0 Å². The number of carbonyl (C=O) groups is 2. The first-order valence-electron chi connectivity index (χ1n) is 10.2. The number of nitrogens with one attached hydrogen (secondary N) is 1. The topological polar surface area (TPSA) is 86.8 Å². The number of amides is 2. The van der Waals surface area contributed by atoms with Crippen LogP contribution < -0.4 is 5.32 Å². The fourth-order valence-corrected chi connectivity index (χ4v) is 6.26. The largest absolute Gasteiger partial charge is 0.338 e. The van der Waals surface area contributed by atoms with Crippen molar-refractivity contribution < 1.29 is 18.0 Å². The average molecular weight is 448 g/mol. The second-order valence-electron chi connectivity index (χ2n) is 7.62. The lowest BCUT2D eigenvalue weighted by Crippen LogP contribution is -2.35. The van der Waals surface area contributed by atoms with Crippen molar-refractivity contribution in [1.29, 1.82) is 0 Å². The first-order chi connectivity index (χ1) is 14.4. The highest BCUT2D eigenvalue weighted by atomic mass is 32.2. The zero-order valence-electron chi connectivity index (χ0n) is 16.7. The SMILES string of the molecule is O=C(CCC(=O)N1CCc2sccc2C1)Nc1ccc(S(=O)(=O)N2CCCC2)cc1. The van der Waals surface area contributed by atoms with Gasteiger partial charge < -0.3 is 10.2 Å². The minimum Gasteiger partial charge on any atom is -0.338 e. The summed E-state index contributed by atoms with van der Waals surface area (Å²) < 4.78 is 26.6. The molecule has 0 unspecified atom stereocenters. The Morgan fingerprint density at radius 3 is 2.47 bits per heavy atom. The van der Waals surface area contributed by atoms with E-state index in [0.29, 0.717) is 31.9 Å². The molecule has 2 aromatic rings. The number of hydrogen-bond donors (Lipinski definition) is 1. The lowest BCUT2D eigenvalue weighted by Gasteiger charge is -2.27. The molecule has 30 heavy (non-hydrogen) atoms. The van der Waals surface area contributed by atoms with E-state index in [9.17, 15) is 18.0 Å². The number of hydrogen-bond acceptors (Lipinski definition) is 5. The maximum absolute atomic E-state index is 12.6. The van der Waals surface area contributed by atoms with Gasteiger partial charge in [0.05, 0.1) is 4.90 Å². The highest BCUT2D eigenvalue weighted by molar-refractivity contribution is 7.89. The van der Waals surface area contributed by atoms with Crippen molar-refractivity contribution in [3.8, 4) is 0 Å². The lowest BCUT2D eigenvalue weighted by molar-refractivity contribution is -0.133. The van der Waals surface area contributed by atoms with Crippen LogP contribution in [0.15, 0.2) is 40.6 Å². The summed E-state index contributed by atoms with van der Waals surface area (Å²) in [7, 11) is -3.46. The minimum atomic E-state index is -3.46.